The van der Waals surface area contributed by atoms with Gasteiger partial charge in [0.15, 0.2) is 0 Å². The van der Waals surface area contributed by atoms with Crippen LogP contribution in [0.3, 0.4) is 0 Å². The quantitative estimate of drug-likeness (QED) is 0.854. The third-order valence-corrected chi connectivity index (χ3v) is 3.70. The van der Waals surface area contributed by atoms with E-state index in [1.807, 2.05) is 6.07 Å². The molecule has 1 aromatic heterocycles. The van der Waals surface area contributed by atoms with Crippen LogP contribution in [0, 0.1) is 0 Å². The molecule has 2 N–H and O–H groups in total. The van der Waals surface area contributed by atoms with Gasteiger partial charge in [-0.2, -0.15) is 0 Å². The lowest BCUT2D eigenvalue weighted by atomic mass is 10.1. The van der Waals surface area contributed by atoms with Crippen molar-refractivity contribution in [2.75, 3.05) is 6.61 Å². The van der Waals surface area contributed by atoms with Gasteiger partial charge in [0.25, 0.3) is 5.56 Å². The van der Waals surface area contributed by atoms with Gasteiger partial charge in [0.1, 0.15) is 4.99 Å². The van der Waals surface area contributed by atoms with E-state index in [2.05, 4.69) is 13.8 Å². The van der Waals surface area contributed by atoms with Gasteiger partial charge in [-0.3, -0.25) is 4.79 Å². The highest BCUT2D eigenvalue weighted by molar-refractivity contribution is 7.80. The van der Waals surface area contributed by atoms with Crippen LogP contribution < -0.4 is 11.3 Å². The lowest BCUT2D eigenvalue weighted by Gasteiger charge is -2.19. The van der Waals surface area contributed by atoms with Crippen LogP contribution in [0.4, 0.5) is 0 Å². The van der Waals surface area contributed by atoms with Crippen LogP contribution in [0.1, 0.15) is 43.9 Å². The van der Waals surface area contributed by atoms with Crippen LogP contribution in [0.5, 0.6) is 0 Å². The second-order valence-corrected chi connectivity index (χ2v) is 5.68. The number of nitrogens with two attached hydrogens (primary N) is 1. The first-order valence-electron chi connectivity index (χ1n) is 6.66. The summed E-state index contributed by atoms with van der Waals surface area (Å²) in [6, 6.07) is 3.67. The summed E-state index contributed by atoms with van der Waals surface area (Å²) in [5.41, 5.74) is 6.92. The van der Waals surface area contributed by atoms with Gasteiger partial charge in [-0.1, -0.05) is 26.1 Å². The first-order chi connectivity index (χ1) is 9.00. The molecule has 2 rings (SSSR count). The standard InChI is InChI=1S/C14H20N2O2S/c1-9(2)12-6-5-11(13(15)19)14(17)16(12)8-10-4-3-7-18-10/h5-6,9-10H,3-4,7-8H2,1-2H3,(H2,15,19). The Kier molecular flexibility index (Phi) is 4.37. The molecule has 0 bridgehead atoms. The maximum atomic E-state index is 12.5. The molecule has 1 atom stereocenters. The maximum absolute atomic E-state index is 12.5. The fourth-order valence-corrected chi connectivity index (χ4v) is 2.62. The van der Waals surface area contributed by atoms with E-state index in [0.29, 0.717) is 12.1 Å². The minimum absolute atomic E-state index is 0.103. The van der Waals surface area contributed by atoms with Crippen molar-refractivity contribution in [2.24, 2.45) is 5.73 Å². The van der Waals surface area contributed by atoms with E-state index in [1.165, 1.54) is 0 Å². The Hall–Kier alpha value is -1.20. The molecular formula is C14H20N2O2S. The normalized spacial score (nSPS) is 19.0. The highest BCUT2D eigenvalue weighted by atomic mass is 32.1. The summed E-state index contributed by atoms with van der Waals surface area (Å²) in [5.74, 6) is 0.273. The average Bonchev–Trinajstić information content (AvgIpc) is 2.83. The molecule has 0 saturated carbocycles. The van der Waals surface area contributed by atoms with Crippen molar-refractivity contribution in [3.63, 3.8) is 0 Å². The lowest BCUT2D eigenvalue weighted by molar-refractivity contribution is 0.0952. The Morgan fingerprint density at radius 1 is 1.58 bits per heavy atom. The van der Waals surface area contributed by atoms with E-state index in [4.69, 9.17) is 22.7 Å². The smallest absolute Gasteiger partial charge is 0.261 e. The summed E-state index contributed by atoms with van der Waals surface area (Å²) >= 11 is 4.93. The molecular weight excluding hydrogens is 260 g/mol. The molecule has 5 heteroatoms. The van der Waals surface area contributed by atoms with Gasteiger partial charge < -0.3 is 15.0 Å². The van der Waals surface area contributed by atoms with Crippen molar-refractivity contribution in [2.45, 2.75) is 45.3 Å². The predicted molar refractivity (Wildman–Crippen MR) is 79.7 cm³/mol. The van der Waals surface area contributed by atoms with Crippen LogP contribution in [-0.2, 0) is 11.3 Å². The highest BCUT2D eigenvalue weighted by Gasteiger charge is 2.20. The van der Waals surface area contributed by atoms with Crippen molar-refractivity contribution in [1.29, 1.82) is 0 Å². The van der Waals surface area contributed by atoms with Crippen LogP contribution in [0.2, 0.25) is 0 Å². The van der Waals surface area contributed by atoms with Crippen LogP contribution in [-0.4, -0.2) is 22.3 Å². The van der Waals surface area contributed by atoms with Crippen LogP contribution in [0.15, 0.2) is 16.9 Å². The van der Waals surface area contributed by atoms with Gasteiger partial charge in [-0.05, 0) is 30.9 Å². The fourth-order valence-electron chi connectivity index (χ4n) is 2.46. The predicted octanol–water partition coefficient (Wildman–Crippen LogP) is 1.78. The summed E-state index contributed by atoms with van der Waals surface area (Å²) in [7, 11) is 0. The Morgan fingerprint density at radius 3 is 2.84 bits per heavy atom. The van der Waals surface area contributed by atoms with E-state index in [0.717, 1.165) is 25.1 Å². The number of ether oxygens (including phenoxy) is 1. The Bertz CT molecular complexity index is 531. The summed E-state index contributed by atoms with van der Waals surface area (Å²) in [5, 5.41) is 0. The van der Waals surface area contributed by atoms with Crippen molar-refractivity contribution < 1.29 is 4.74 Å². The van der Waals surface area contributed by atoms with Crippen molar-refractivity contribution in [3.05, 3.63) is 33.7 Å². The van der Waals surface area contributed by atoms with Gasteiger partial charge in [0.05, 0.1) is 18.2 Å². The molecule has 0 aliphatic carbocycles. The molecule has 0 aromatic carbocycles. The molecule has 1 saturated heterocycles. The molecule has 1 aliphatic heterocycles. The molecule has 2 heterocycles. The first kappa shape index (κ1) is 14.2. The zero-order valence-electron chi connectivity index (χ0n) is 11.4. The Balaban J connectivity index is 2.43. The monoisotopic (exact) mass is 280 g/mol. The SMILES string of the molecule is CC(C)c1ccc(C(N)=S)c(=O)n1CC1CCCO1. The van der Waals surface area contributed by atoms with Crippen molar-refractivity contribution in [3.8, 4) is 0 Å². The second kappa shape index (κ2) is 5.84. The molecule has 4 nitrogen and oxygen atoms in total. The lowest BCUT2D eigenvalue weighted by Crippen LogP contribution is -2.34. The number of aromatic nitrogens is 1. The number of thiocarbonyl (C=S) groups is 1. The van der Waals surface area contributed by atoms with Crippen LogP contribution >= 0.6 is 12.2 Å². The van der Waals surface area contributed by atoms with Gasteiger partial charge in [0, 0.05) is 12.3 Å². The van der Waals surface area contributed by atoms with E-state index in [-0.39, 0.29) is 22.6 Å². The first-order valence-corrected chi connectivity index (χ1v) is 7.06. The Labute approximate surface area is 118 Å². The average molecular weight is 280 g/mol. The minimum Gasteiger partial charge on any atom is -0.389 e. The summed E-state index contributed by atoms with van der Waals surface area (Å²) in [4.78, 5) is 12.6. The molecule has 0 spiro atoms. The molecule has 0 radical (unpaired) electrons. The molecule has 1 aliphatic rings. The third kappa shape index (κ3) is 3.04. The summed E-state index contributed by atoms with van der Waals surface area (Å²) < 4.78 is 7.40. The molecule has 19 heavy (non-hydrogen) atoms. The topological polar surface area (TPSA) is 57.2 Å². The second-order valence-electron chi connectivity index (χ2n) is 5.24. The van der Waals surface area contributed by atoms with E-state index in [1.54, 1.807) is 10.6 Å². The minimum atomic E-state index is -0.103. The largest absolute Gasteiger partial charge is 0.389 e. The zero-order chi connectivity index (χ0) is 14.0. The summed E-state index contributed by atoms with van der Waals surface area (Å²) in [6.07, 6.45) is 2.18. The fraction of sp³-hybridized carbons (Fsp3) is 0.571. The highest BCUT2D eigenvalue weighted by Crippen LogP contribution is 2.18. The van der Waals surface area contributed by atoms with Crippen molar-refractivity contribution in [1.82, 2.24) is 4.57 Å². The number of nitrogens with zero attached hydrogens (tertiary/aromatic N) is 1. The Morgan fingerprint density at radius 2 is 2.32 bits per heavy atom. The molecule has 104 valence electrons. The van der Waals surface area contributed by atoms with E-state index >= 15 is 0 Å². The number of rotatable bonds is 4. The number of hydrogen-bond donors (Lipinski definition) is 1. The van der Waals surface area contributed by atoms with Gasteiger partial charge in [-0.15, -0.1) is 0 Å². The number of pyridine rings is 1. The maximum Gasteiger partial charge on any atom is 0.261 e. The van der Waals surface area contributed by atoms with E-state index < -0.39 is 0 Å². The molecule has 1 aromatic rings. The molecule has 0 amide bonds. The third-order valence-electron chi connectivity index (χ3n) is 3.48. The van der Waals surface area contributed by atoms with Gasteiger partial charge >= 0.3 is 0 Å². The van der Waals surface area contributed by atoms with Gasteiger partial charge in [-0.25, -0.2) is 0 Å². The number of hydrogen-bond acceptors (Lipinski definition) is 3. The van der Waals surface area contributed by atoms with Crippen LogP contribution in [0.25, 0.3) is 0 Å². The van der Waals surface area contributed by atoms with Gasteiger partial charge in [0.2, 0.25) is 0 Å². The summed E-state index contributed by atoms with van der Waals surface area (Å²) in [6.45, 7) is 5.51. The zero-order valence-corrected chi connectivity index (χ0v) is 12.2. The molecule has 1 unspecified atom stereocenters. The molecule has 1 fully saturated rings. The van der Waals surface area contributed by atoms with E-state index in [9.17, 15) is 4.79 Å². The van der Waals surface area contributed by atoms with Crippen molar-refractivity contribution >= 4 is 17.2 Å².